The number of hydrogen-bond donors (Lipinski definition) is 2. The molecule has 5 nitrogen and oxygen atoms in total. The summed E-state index contributed by atoms with van der Waals surface area (Å²) < 4.78 is 54.5. The summed E-state index contributed by atoms with van der Waals surface area (Å²) in [7, 11) is -4.21. The Balaban J connectivity index is 2.12. The third-order valence-electron chi connectivity index (χ3n) is 4.04. The van der Waals surface area contributed by atoms with Crippen LogP contribution in [0.15, 0.2) is 47.4 Å². The third kappa shape index (κ3) is 6.02. The largest absolute Gasteiger partial charge is 0.351 e. The Morgan fingerprint density at radius 2 is 1.86 bits per heavy atom. The molecule has 0 heterocycles. The molecule has 1 amide bonds. The molecule has 0 bridgehead atoms. The topological polar surface area (TPSA) is 75.3 Å². The van der Waals surface area contributed by atoms with Crippen LogP contribution in [0.1, 0.15) is 17.5 Å². The number of amides is 1. The van der Waals surface area contributed by atoms with Crippen LogP contribution in [-0.4, -0.2) is 32.4 Å². The van der Waals surface area contributed by atoms with Crippen LogP contribution in [0.4, 0.5) is 8.78 Å². The maximum Gasteiger partial charge on any atom is 0.244 e. The number of carbonyl (C=O) groups excluding carboxylic acids is 1. The van der Waals surface area contributed by atoms with Crippen molar-refractivity contribution in [1.82, 2.24) is 10.0 Å². The molecular weight excluding hydrogens is 406 g/mol. The number of rotatable bonds is 9. The lowest BCUT2D eigenvalue weighted by Crippen LogP contribution is -2.46. The highest BCUT2D eigenvalue weighted by Gasteiger charge is 2.27. The highest BCUT2D eigenvalue weighted by molar-refractivity contribution is 7.98. The standard InChI is InChI=1S/C19H22F2N2O3S2/c1-13-11-14(7-8-15(13)20)12-22-19(24)17(9-10-27-2)23-28(25,26)18-6-4-3-5-16(18)21/h3-8,11,17,23H,9-10,12H2,1-2H3,(H,22,24). The van der Waals surface area contributed by atoms with Crippen LogP contribution < -0.4 is 10.0 Å². The summed E-state index contributed by atoms with van der Waals surface area (Å²) in [6.07, 6.45) is 2.07. The van der Waals surface area contributed by atoms with Crippen molar-refractivity contribution in [2.75, 3.05) is 12.0 Å². The summed E-state index contributed by atoms with van der Waals surface area (Å²) >= 11 is 1.46. The second-order valence-electron chi connectivity index (χ2n) is 6.19. The quantitative estimate of drug-likeness (QED) is 0.644. The van der Waals surface area contributed by atoms with Crippen molar-refractivity contribution >= 4 is 27.7 Å². The molecule has 0 aliphatic heterocycles. The Kier molecular flexibility index (Phi) is 7.97. The first-order chi connectivity index (χ1) is 13.2. The molecule has 2 aromatic rings. The molecule has 1 unspecified atom stereocenters. The fourth-order valence-corrected chi connectivity index (χ4v) is 4.30. The summed E-state index contributed by atoms with van der Waals surface area (Å²) in [5, 5.41) is 2.65. The lowest BCUT2D eigenvalue weighted by Gasteiger charge is -2.18. The van der Waals surface area contributed by atoms with Crippen molar-refractivity contribution in [3.8, 4) is 0 Å². The second-order valence-corrected chi connectivity index (χ2v) is 8.86. The van der Waals surface area contributed by atoms with Gasteiger partial charge in [-0.15, -0.1) is 0 Å². The Hall–Kier alpha value is -1.97. The first-order valence-corrected chi connectivity index (χ1v) is 11.4. The van der Waals surface area contributed by atoms with E-state index in [1.807, 2.05) is 6.26 Å². The summed E-state index contributed by atoms with van der Waals surface area (Å²) in [6.45, 7) is 1.74. The zero-order chi connectivity index (χ0) is 20.7. The van der Waals surface area contributed by atoms with Crippen LogP contribution in [-0.2, 0) is 21.4 Å². The molecule has 0 saturated carbocycles. The first-order valence-electron chi connectivity index (χ1n) is 8.53. The normalized spacial score (nSPS) is 12.6. The fraction of sp³-hybridized carbons (Fsp3) is 0.316. The van der Waals surface area contributed by atoms with Crippen LogP contribution in [0.25, 0.3) is 0 Å². The van der Waals surface area contributed by atoms with Gasteiger partial charge in [0.2, 0.25) is 15.9 Å². The number of sulfonamides is 1. The SMILES string of the molecule is CSCCC(NS(=O)(=O)c1ccccc1F)C(=O)NCc1ccc(F)c(C)c1. The van der Waals surface area contributed by atoms with Gasteiger partial charge in [-0.2, -0.15) is 16.5 Å². The van der Waals surface area contributed by atoms with Crippen LogP contribution in [0.5, 0.6) is 0 Å². The molecule has 9 heteroatoms. The smallest absolute Gasteiger partial charge is 0.244 e. The van der Waals surface area contributed by atoms with Crippen molar-refractivity contribution in [2.45, 2.75) is 30.8 Å². The van der Waals surface area contributed by atoms with Gasteiger partial charge in [-0.25, -0.2) is 17.2 Å². The zero-order valence-electron chi connectivity index (χ0n) is 15.5. The van der Waals surface area contributed by atoms with Crippen molar-refractivity contribution in [3.05, 3.63) is 65.2 Å². The molecule has 0 saturated heterocycles. The van der Waals surface area contributed by atoms with E-state index in [1.54, 1.807) is 19.1 Å². The molecule has 1 atom stereocenters. The highest BCUT2D eigenvalue weighted by atomic mass is 32.2. The van der Waals surface area contributed by atoms with Gasteiger partial charge in [-0.1, -0.05) is 24.3 Å². The van der Waals surface area contributed by atoms with E-state index in [1.165, 1.54) is 30.0 Å². The van der Waals surface area contributed by atoms with Crippen LogP contribution in [0.3, 0.4) is 0 Å². The molecule has 2 aromatic carbocycles. The molecule has 0 fully saturated rings. The average Bonchev–Trinajstić information content (AvgIpc) is 2.66. The second kappa shape index (κ2) is 9.99. The lowest BCUT2D eigenvalue weighted by atomic mass is 10.1. The molecule has 28 heavy (non-hydrogen) atoms. The maximum absolute atomic E-state index is 13.9. The highest BCUT2D eigenvalue weighted by Crippen LogP contribution is 2.15. The third-order valence-corrected chi connectivity index (χ3v) is 6.19. The van der Waals surface area contributed by atoms with Gasteiger partial charge in [0.05, 0.1) is 0 Å². The molecule has 152 valence electrons. The van der Waals surface area contributed by atoms with E-state index in [2.05, 4.69) is 10.0 Å². The predicted molar refractivity (Wildman–Crippen MR) is 106 cm³/mol. The minimum absolute atomic E-state index is 0.122. The van der Waals surface area contributed by atoms with E-state index < -0.39 is 32.7 Å². The van der Waals surface area contributed by atoms with Gasteiger partial charge in [-0.05, 0) is 54.7 Å². The Morgan fingerprint density at radius 1 is 1.14 bits per heavy atom. The van der Waals surface area contributed by atoms with Crippen molar-refractivity contribution in [2.24, 2.45) is 0 Å². The van der Waals surface area contributed by atoms with Crippen molar-refractivity contribution < 1.29 is 22.0 Å². The number of aryl methyl sites for hydroxylation is 1. The number of thioether (sulfide) groups is 1. The zero-order valence-corrected chi connectivity index (χ0v) is 17.2. The van der Waals surface area contributed by atoms with Gasteiger partial charge in [0.15, 0.2) is 0 Å². The van der Waals surface area contributed by atoms with E-state index in [4.69, 9.17) is 0 Å². The van der Waals surface area contributed by atoms with E-state index in [9.17, 15) is 22.0 Å². The lowest BCUT2D eigenvalue weighted by molar-refractivity contribution is -0.122. The minimum Gasteiger partial charge on any atom is -0.351 e. The molecule has 0 radical (unpaired) electrons. The average molecular weight is 429 g/mol. The summed E-state index contributed by atoms with van der Waals surface area (Å²) in [5.74, 6) is -1.23. The number of carbonyl (C=O) groups is 1. The maximum atomic E-state index is 13.9. The predicted octanol–water partition coefficient (Wildman–Crippen LogP) is 2.99. The summed E-state index contributed by atoms with van der Waals surface area (Å²) in [6, 6.07) is 8.38. The van der Waals surface area contributed by atoms with E-state index in [-0.39, 0.29) is 18.8 Å². The van der Waals surface area contributed by atoms with Crippen molar-refractivity contribution in [1.29, 1.82) is 0 Å². The van der Waals surface area contributed by atoms with Crippen LogP contribution in [0.2, 0.25) is 0 Å². The van der Waals surface area contributed by atoms with Crippen LogP contribution in [0, 0.1) is 18.6 Å². The molecular formula is C19H22F2N2O3S2. The molecule has 0 aliphatic carbocycles. The first kappa shape index (κ1) is 22.3. The van der Waals surface area contributed by atoms with Crippen molar-refractivity contribution in [3.63, 3.8) is 0 Å². The molecule has 2 rings (SSSR count). The van der Waals surface area contributed by atoms with Gasteiger partial charge < -0.3 is 5.32 Å². The molecule has 2 N–H and O–H groups in total. The Bertz CT molecular complexity index is 937. The fourth-order valence-electron chi connectivity index (χ4n) is 2.52. The van der Waals surface area contributed by atoms with Gasteiger partial charge in [0.1, 0.15) is 22.6 Å². The number of hydrogen-bond acceptors (Lipinski definition) is 4. The number of nitrogens with one attached hydrogen (secondary N) is 2. The summed E-state index contributed by atoms with van der Waals surface area (Å²) in [4.78, 5) is 12.0. The minimum atomic E-state index is -4.21. The molecule has 0 aromatic heterocycles. The summed E-state index contributed by atoms with van der Waals surface area (Å²) in [5.41, 5.74) is 1.14. The van der Waals surface area contributed by atoms with Gasteiger partial charge >= 0.3 is 0 Å². The monoisotopic (exact) mass is 428 g/mol. The Labute approximate surface area is 168 Å². The number of benzene rings is 2. The Morgan fingerprint density at radius 3 is 2.50 bits per heavy atom. The van der Waals surface area contributed by atoms with Gasteiger partial charge in [0, 0.05) is 6.54 Å². The van der Waals surface area contributed by atoms with Gasteiger partial charge in [0.25, 0.3) is 0 Å². The van der Waals surface area contributed by atoms with E-state index in [0.29, 0.717) is 16.9 Å². The van der Waals surface area contributed by atoms with E-state index >= 15 is 0 Å². The van der Waals surface area contributed by atoms with Gasteiger partial charge in [-0.3, -0.25) is 4.79 Å². The number of halogens is 2. The molecule has 0 spiro atoms. The van der Waals surface area contributed by atoms with Crippen LogP contribution >= 0.6 is 11.8 Å². The van der Waals surface area contributed by atoms with E-state index in [0.717, 1.165) is 12.1 Å². The molecule has 0 aliphatic rings.